The van der Waals surface area contributed by atoms with Crippen molar-refractivity contribution in [3.8, 4) is 0 Å². The Morgan fingerprint density at radius 3 is 2.25 bits per heavy atom. The maximum atomic E-state index is 5.79. The highest BCUT2D eigenvalue weighted by Gasteiger charge is 2.23. The van der Waals surface area contributed by atoms with Crippen LogP contribution in [0.25, 0.3) is 0 Å². The minimum atomic E-state index is 0.727. The summed E-state index contributed by atoms with van der Waals surface area (Å²) in [7, 11) is 0. The largest absolute Gasteiger partial charge is 0.300 e. The summed E-state index contributed by atoms with van der Waals surface area (Å²) < 4.78 is 0. The van der Waals surface area contributed by atoms with Crippen LogP contribution < -0.4 is 0 Å². The molecule has 0 aromatic carbocycles. The van der Waals surface area contributed by atoms with Crippen LogP contribution in [0.3, 0.4) is 0 Å². The second kappa shape index (κ2) is 5.08. The van der Waals surface area contributed by atoms with E-state index < -0.39 is 0 Å². The number of hydrogen-bond acceptors (Lipinski definition) is 1. The van der Waals surface area contributed by atoms with Gasteiger partial charge in [-0.2, -0.15) is 0 Å². The molecule has 0 bridgehead atoms. The van der Waals surface area contributed by atoms with Gasteiger partial charge in [0.2, 0.25) is 0 Å². The van der Waals surface area contributed by atoms with E-state index in [0.29, 0.717) is 0 Å². The fourth-order valence-corrected chi connectivity index (χ4v) is 2.35. The molecule has 1 rings (SSSR count). The van der Waals surface area contributed by atoms with Crippen molar-refractivity contribution in [3.05, 3.63) is 0 Å². The van der Waals surface area contributed by atoms with Gasteiger partial charge in [0.05, 0.1) is 0 Å². The average molecular weight is 190 g/mol. The molecule has 0 radical (unpaired) electrons. The Bertz CT molecular complexity index is 119. The summed E-state index contributed by atoms with van der Waals surface area (Å²) in [5, 5.41) is 0. The molecule has 1 aliphatic rings. The lowest BCUT2D eigenvalue weighted by atomic mass is 10.0. The van der Waals surface area contributed by atoms with Gasteiger partial charge in [-0.3, -0.25) is 0 Å². The van der Waals surface area contributed by atoms with E-state index in [4.69, 9.17) is 11.6 Å². The van der Waals surface area contributed by atoms with Gasteiger partial charge in [-0.15, -0.1) is 11.6 Å². The smallest absolute Gasteiger partial charge is 0.0238 e. The van der Waals surface area contributed by atoms with E-state index in [9.17, 15) is 0 Å². The minimum absolute atomic E-state index is 0.727. The molecule has 0 saturated carbocycles. The van der Waals surface area contributed by atoms with Crippen molar-refractivity contribution in [3.63, 3.8) is 0 Å². The monoisotopic (exact) mass is 189 g/mol. The minimum Gasteiger partial charge on any atom is -0.300 e. The van der Waals surface area contributed by atoms with Crippen molar-refractivity contribution in [2.75, 3.05) is 19.0 Å². The average Bonchev–Trinajstić information content (AvgIpc) is 2.51. The number of rotatable bonds is 4. The molecular weight excluding hydrogens is 170 g/mol. The van der Waals surface area contributed by atoms with Crippen LogP contribution in [-0.2, 0) is 0 Å². The summed E-state index contributed by atoms with van der Waals surface area (Å²) in [6.07, 6.45) is 3.91. The molecule has 1 unspecified atom stereocenters. The Labute approximate surface area is 81.1 Å². The summed E-state index contributed by atoms with van der Waals surface area (Å²) in [6, 6.07) is 0.727. The standard InChI is InChI=1S/C10H20ClN/c1-9(2)10(5-6-11)12-7-3-4-8-12/h9-10H,3-8H2,1-2H3. The van der Waals surface area contributed by atoms with Crippen molar-refractivity contribution in [2.24, 2.45) is 5.92 Å². The normalized spacial score (nSPS) is 22.0. The van der Waals surface area contributed by atoms with E-state index in [2.05, 4.69) is 18.7 Å². The third kappa shape index (κ3) is 2.63. The molecule has 72 valence electrons. The highest BCUT2D eigenvalue weighted by molar-refractivity contribution is 6.17. The second-order valence-electron chi connectivity index (χ2n) is 4.03. The van der Waals surface area contributed by atoms with E-state index in [1.807, 2.05) is 0 Å². The number of alkyl halides is 1. The fourth-order valence-electron chi connectivity index (χ4n) is 2.12. The molecule has 1 nitrogen and oxygen atoms in total. The first-order valence-electron chi connectivity index (χ1n) is 5.05. The van der Waals surface area contributed by atoms with E-state index >= 15 is 0 Å². The summed E-state index contributed by atoms with van der Waals surface area (Å²) >= 11 is 5.79. The highest BCUT2D eigenvalue weighted by Crippen LogP contribution is 2.20. The summed E-state index contributed by atoms with van der Waals surface area (Å²) in [5.41, 5.74) is 0. The molecule has 0 N–H and O–H groups in total. The lowest BCUT2D eigenvalue weighted by molar-refractivity contribution is 0.187. The van der Waals surface area contributed by atoms with Crippen LogP contribution in [-0.4, -0.2) is 29.9 Å². The van der Waals surface area contributed by atoms with Gasteiger partial charge in [0.1, 0.15) is 0 Å². The topological polar surface area (TPSA) is 3.24 Å². The van der Waals surface area contributed by atoms with Crippen LogP contribution in [0, 0.1) is 5.92 Å². The molecule has 1 fully saturated rings. The van der Waals surface area contributed by atoms with Crippen molar-refractivity contribution in [2.45, 2.75) is 39.2 Å². The van der Waals surface area contributed by atoms with Crippen LogP contribution in [0.4, 0.5) is 0 Å². The number of halogens is 1. The van der Waals surface area contributed by atoms with Crippen LogP contribution in [0.15, 0.2) is 0 Å². The van der Waals surface area contributed by atoms with Gasteiger partial charge in [-0.05, 0) is 38.3 Å². The van der Waals surface area contributed by atoms with E-state index in [1.165, 1.54) is 25.9 Å². The molecule has 0 aliphatic carbocycles. The zero-order valence-corrected chi connectivity index (χ0v) is 8.98. The van der Waals surface area contributed by atoms with E-state index in [0.717, 1.165) is 24.3 Å². The lowest BCUT2D eigenvalue weighted by Gasteiger charge is -2.30. The summed E-state index contributed by atoms with van der Waals surface area (Å²) in [5.74, 6) is 1.56. The SMILES string of the molecule is CC(C)C(CCCl)N1CCCC1. The highest BCUT2D eigenvalue weighted by atomic mass is 35.5. The van der Waals surface area contributed by atoms with Crippen molar-refractivity contribution >= 4 is 11.6 Å². The van der Waals surface area contributed by atoms with Gasteiger partial charge in [-0.25, -0.2) is 0 Å². The molecule has 0 spiro atoms. The maximum absolute atomic E-state index is 5.79. The van der Waals surface area contributed by atoms with Gasteiger partial charge >= 0.3 is 0 Å². The first kappa shape index (κ1) is 10.3. The van der Waals surface area contributed by atoms with Crippen LogP contribution in [0.5, 0.6) is 0 Å². The first-order chi connectivity index (χ1) is 5.75. The predicted octanol–water partition coefficient (Wildman–Crippen LogP) is 2.74. The maximum Gasteiger partial charge on any atom is 0.0238 e. The van der Waals surface area contributed by atoms with Crippen molar-refractivity contribution in [1.82, 2.24) is 4.90 Å². The zero-order valence-electron chi connectivity index (χ0n) is 8.22. The number of likely N-dealkylation sites (tertiary alicyclic amines) is 1. The van der Waals surface area contributed by atoms with Gasteiger partial charge in [0.15, 0.2) is 0 Å². The molecule has 0 amide bonds. The quantitative estimate of drug-likeness (QED) is 0.615. The molecular formula is C10H20ClN. The number of nitrogens with zero attached hydrogens (tertiary/aromatic N) is 1. The molecule has 1 aliphatic heterocycles. The zero-order chi connectivity index (χ0) is 8.97. The lowest BCUT2D eigenvalue weighted by Crippen LogP contribution is -2.37. The Morgan fingerprint density at radius 2 is 1.83 bits per heavy atom. The summed E-state index contributed by atoms with van der Waals surface area (Å²) in [4.78, 5) is 2.60. The van der Waals surface area contributed by atoms with Gasteiger partial charge in [0.25, 0.3) is 0 Å². The predicted molar refractivity (Wildman–Crippen MR) is 54.8 cm³/mol. The van der Waals surface area contributed by atoms with Crippen molar-refractivity contribution in [1.29, 1.82) is 0 Å². The molecule has 1 heterocycles. The Balaban J connectivity index is 2.40. The number of hydrogen-bond donors (Lipinski definition) is 0. The van der Waals surface area contributed by atoms with E-state index in [-0.39, 0.29) is 0 Å². The first-order valence-corrected chi connectivity index (χ1v) is 5.59. The van der Waals surface area contributed by atoms with Gasteiger partial charge < -0.3 is 4.90 Å². The molecule has 12 heavy (non-hydrogen) atoms. The summed E-state index contributed by atoms with van der Waals surface area (Å²) in [6.45, 7) is 7.19. The van der Waals surface area contributed by atoms with Crippen LogP contribution >= 0.6 is 11.6 Å². The molecule has 0 aromatic heterocycles. The Kier molecular flexibility index (Phi) is 4.38. The molecule has 1 saturated heterocycles. The Hall–Kier alpha value is 0.250. The van der Waals surface area contributed by atoms with Gasteiger partial charge in [-0.1, -0.05) is 13.8 Å². The second-order valence-corrected chi connectivity index (χ2v) is 4.41. The Morgan fingerprint density at radius 1 is 1.25 bits per heavy atom. The fraction of sp³-hybridized carbons (Fsp3) is 1.00. The van der Waals surface area contributed by atoms with Gasteiger partial charge in [0, 0.05) is 11.9 Å². The molecule has 1 atom stereocenters. The third-order valence-electron chi connectivity index (χ3n) is 2.78. The third-order valence-corrected chi connectivity index (χ3v) is 3.00. The van der Waals surface area contributed by atoms with Crippen molar-refractivity contribution < 1.29 is 0 Å². The molecule has 2 heteroatoms. The van der Waals surface area contributed by atoms with E-state index in [1.54, 1.807) is 0 Å². The molecule has 0 aromatic rings. The van der Waals surface area contributed by atoms with Crippen LogP contribution in [0.1, 0.15) is 33.1 Å². The van der Waals surface area contributed by atoms with Crippen LogP contribution in [0.2, 0.25) is 0 Å².